The monoisotopic (exact) mass is 462 g/mol. The van der Waals surface area contributed by atoms with E-state index in [1.54, 1.807) is 54.8 Å². The summed E-state index contributed by atoms with van der Waals surface area (Å²) < 4.78 is 56.1. The zero-order valence-electron chi connectivity index (χ0n) is 16.6. The van der Waals surface area contributed by atoms with Gasteiger partial charge in [0, 0.05) is 12.2 Å². The Morgan fingerprint density at radius 1 is 1.00 bits per heavy atom. The van der Waals surface area contributed by atoms with Crippen LogP contribution < -0.4 is 9.03 Å². The normalized spacial score (nSPS) is 14.4. The van der Waals surface area contributed by atoms with Crippen molar-refractivity contribution in [3.8, 4) is 0 Å². The van der Waals surface area contributed by atoms with Crippen molar-refractivity contribution < 1.29 is 16.8 Å². The van der Waals surface area contributed by atoms with E-state index in [2.05, 4.69) is 4.72 Å². The molecule has 0 amide bonds. The molecule has 3 aromatic rings. The summed E-state index contributed by atoms with van der Waals surface area (Å²) in [6.45, 7) is 4.08. The first-order chi connectivity index (χ1) is 14.2. The van der Waals surface area contributed by atoms with Gasteiger partial charge in [-0.15, -0.1) is 11.3 Å². The summed E-state index contributed by atoms with van der Waals surface area (Å²) in [4.78, 5) is 0.229. The first kappa shape index (κ1) is 20.9. The van der Waals surface area contributed by atoms with Gasteiger partial charge in [-0.1, -0.05) is 23.8 Å². The molecule has 4 rings (SSSR count). The third-order valence-corrected chi connectivity index (χ3v) is 9.79. The van der Waals surface area contributed by atoms with Crippen LogP contribution in [0.1, 0.15) is 23.1 Å². The van der Waals surface area contributed by atoms with Gasteiger partial charge in [0.25, 0.3) is 20.0 Å². The molecule has 1 aromatic heterocycles. The van der Waals surface area contributed by atoms with Gasteiger partial charge in [0.1, 0.15) is 4.21 Å². The lowest BCUT2D eigenvalue weighted by Gasteiger charge is -2.30. The molecule has 0 fully saturated rings. The molecule has 0 saturated heterocycles. The predicted molar refractivity (Wildman–Crippen MR) is 120 cm³/mol. The van der Waals surface area contributed by atoms with E-state index in [0.29, 0.717) is 40.5 Å². The molecule has 158 valence electrons. The predicted octanol–water partition coefficient (Wildman–Crippen LogP) is 4.31. The van der Waals surface area contributed by atoms with Crippen LogP contribution in [0.4, 0.5) is 11.4 Å². The van der Waals surface area contributed by atoms with Crippen LogP contribution in [0.3, 0.4) is 0 Å². The van der Waals surface area contributed by atoms with Gasteiger partial charge in [-0.3, -0.25) is 9.03 Å². The molecular formula is C21H22N2O4S3. The fraction of sp³-hybridized carbons (Fsp3) is 0.238. The zero-order valence-corrected chi connectivity index (χ0v) is 19.1. The molecule has 1 aliphatic heterocycles. The number of fused-ring (bicyclic) bond motifs is 1. The van der Waals surface area contributed by atoms with Crippen molar-refractivity contribution in [2.75, 3.05) is 15.6 Å². The first-order valence-electron chi connectivity index (χ1n) is 9.48. The van der Waals surface area contributed by atoms with Gasteiger partial charge in [0.2, 0.25) is 0 Å². The zero-order chi connectivity index (χ0) is 21.5. The lowest BCUT2D eigenvalue weighted by molar-refractivity contribution is 0.588. The summed E-state index contributed by atoms with van der Waals surface area (Å²) >= 11 is 1.19. The van der Waals surface area contributed by atoms with Crippen LogP contribution in [0.2, 0.25) is 0 Å². The molecule has 0 aliphatic carbocycles. The van der Waals surface area contributed by atoms with Crippen molar-refractivity contribution in [2.45, 2.75) is 35.8 Å². The molecule has 2 heterocycles. The third kappa shape index (κ3) is 3.84. The number of nitrogens with one attached hydrogen (secondary N) is 1. The average Bonchev–Trinajstić information content (AvgIpc) is 3.22. The largest absolute Gasteiger partial charge is 0.280 e. The smallest absolute Gasteiger partial charge is 0.273 e. The summed E-state index contributed by atoms with van der Waals surface area (Å²) in [6.07, 6.45) is 1.36. The van der Waals surface area contributed by atoms with E-state index < -0.39 is 20.0 Å². The van der Waals surface area contributed by atoms with Crippen LogP contribution >= 0.6 is 11.3 Å². The topological polar surface area (TPSA) is 83.6 Å². The van der Waals surface area contributed by atoms with Crippen molar-refractivity contribution in [1.82, 2.24) is 0 Å². The molecule has 1 N–H and O–H groups in total. The molecule has 0 unspecified atom stereocenters. The molecule has 0 bridgehead atoms. The Hall–Kier alpha value is -2.36. The van der Waals surface area contributed by atoms with Gasteiger partial charge in [0.05, 0.1) is 10.6 Å². The number of benzene rings is 2. The highest BCUT2D eigenvalue weighted by Gasteiger charge is 2.30. The molecule has 1 aliphatic rings. The van der Waals surface area contributed by atoms with Gasteiger partial charge in [-0.05, 0) is 73.5 Å². The summed E-state index contributed by atoms with van der Waals surface area (Å²) in [5, 5.41) is 1.74. The summed E-state index contributed by atoms with van der Waals surface area (Å²) in [5.41, 5.74) is 3.50. The average molecular weight is 463 g/mol. The van der Waals surface area contributed by atoms with E-state index in [9.17, 15) is 16.8 Å². The Morgan fingerprint density at radius 2 is 1.80 bits per heavy atom. The molecular weight excluding hydrogens is 440 g/mol. The Bertz CT molecular complexity index is 1300. The maximum atomic E-state index is 13.0. The molecule has 0 radical (unpaired) electrons. The fourth-order valence-electron chi connectivity index (χ4n) is 3.71. The van der Waals surface area contributed by atoms with Crippen LogP contribution in [0.25, 0.3) is 0 Å². The van der Waals surface area contributed by atoms with Crippen molar-refractivity contribution in [3.05, 3.63) is 70.6 Å². The lowest BCUT2D eigenvalue weighted by atomic mass is 10.0. The highest BCUT2D eigenvalue weighted by molar-refractivity contribution is 7.94. The van der Waals surface area contributed by atoms with E-state index in [1.165, 1.54) is 15.6 Å². The summed E-state index contributed by atoms with van der Waals surface area (Å²) in [6, 6.07) is 13.5. The molecule has 9 heteroatoms. The van der Waals surface area contributed by atoms with Gasteiger partial charge < -0.3 is 0 Å². The van der Waals surface area contributed by atoms with E-state index in [4.69, 9.17) is 0 Å². The van der Waals surface area contributed by atoms with Crippen LogP contribution in [0.5, 0.6) is 0 Å². The van der Waals surface area contributed by atoms with E-state index >= 15 is 0 Å². The molecule has 0 saturated carbocycles. The lowest BCUT2D eigenvalue weighted by Crippen LogP contribution is -2.35. The summed E-state index contributed by atoms with van der Waals surface area (Å²) in [7, 11) is -7.36. The van der Waals surface area contributed by atoms with E-state index in [1.807, 2.05) is 13.0 Å². The minimum atomic E-state index is -3.74. The number of sulfonamides is 2. The Balaban J connectivity index is 1.66. The number of aryl methyl sites for hydroxylation is 3. The fourth-order valence-corrected chi connectivity index (χ4v) is 7.63. The van der Waals surface area contributed by atoms with Crippen molar-refractivity contribution in [2.24, 2.45) is 0 Å². The van der Waals surface area contributed by atoms with Crippen LogP contribution in [-0.4, -0.2) is 23.4 Å². The van der Waals surface area contributed by atoms with Gasteiger partial charge >= 0.3 is 0 Å². The van der Waals surface area contributed by atoms with Crippen molar-refractivity contribution in [3.63, 3.8) is 0 Å². The van der Waals surface area contributed by atoms with E-state index in [-0.39, 0.29) is 4.90 Å². The second-order valence-corrected chi connectivity index (χ2v) is 12.0. The number of hydrogen-bond acceptors (Lipinski definition) is 5. The van der Waals surface area contributed by atoms with E-state index in [0.717, 1.165) is 11.1 Å². The summed E-state index contributed by atoms with van der Waals surface area (Å²) in [5.74, 6) is 0. The van der Waals surface area contributed by atoms with Gasteiger partial charge in [0.15, 0.2) is 0 Å². The molecule has 30 heavy (non-hydrogen) atoms. The molecule has 0 atom stereocenters. The van der Waals surface area contributed by atoms with Crippen molar-refractivity contribution in [1.29, 1.82) is 0 Å². The minimum absolute atomic E-state index is 0.229. The van der Waals surface area contributed by atoms with Crippen LogP contribution in [-0.2, 0) is 26.5 Å². The van der Waals surface area contributed by atoms with Gasteiger partial charge in [-0.2, -0.15) is 0 Å². The first-order valence-corrected chi connectivity index (χ1v) is 13.3. The number of hydrogen-bond donors (Lipinski definition) is 1. The van der Waals surface area contributed by atoms with Crippen molar-refractivity contribution >= 4 is 42.8 Å². The third-order valence-electron chi connectivity index (χ3n) is 5.07. The minimum Gasteiger partial charge on any atom is -0.280 e. The highest BCUT2D eigenvalue weighted by atomic mass is 32.2. The Labute approximate surface area is 181 Å². The van der Waals surface area contributed by atoms with Gasteiger partial charge in [-0.25, -0.2) is 16.8 Å². The molecule has 0 spiro atoms. The standard InChI is InChI=1S/C21H22N2O4S3/c1-15-7-10-20(16(2)13-15)29(24,25)22-18-8-9-19-17(14-18)5-3-11-23(19)30(26,27)21-6-4-12-28-21/h4,6-10,12-14,22H,3,5,11H2,1-2H3. The Kier molecular flexibility index (Phi) is 5.37. The van der Waals surface area contributed by atoms with Crippen LogP contribution in [0, 0.1) is 13.8 Å². The quantitative estimate of drug-likeness (QED) is 0.613. The van der Waals surface area contributed by atoms with Crippen LogP contribution in [0.15, 0.2) is 63.0 Å². The molecule has 2 aromatic carbocycles. The maximum absolute atomic E-state index is 13.0. The SMILES string of the molecule is Cc1ccc(S(=O)(=O)Nc2ccc3c(c2)CCCN3S(=O)(=O)c2cccs2)c(C)c1. The maximum Gasteiger partial charge on any atom is 0.273 e. The second kappa shape index (κ2) is 7.72. The number of rotatable bonds is 5. The Morgan fingerprint density at radius 3 is 2.50 bits per heavy atom. The number of anilines is 2. The number of nitrogens with zero attached hydrogens (tertiary/aromatic N) is 1. The molecule has 6 nitrogen and oxygen atoms in total. The highest BCUT2D eigenvalue weighted by Crippen LogP contribution is 2.35. The second-order valence-electron chi connectivity index (χ2n) is 7.33. The number of thiophene rings is 1.